The van der Waals surface area contributed by atoms with E-state index in [0.717, 1.165) is 17.0 Å². The molecule has 21 heavy (non-hydrogen) atoms. The minimum absolute atomic E-state index is 0.0275. The maximum absolute atomic E-state index is 11.5. The number of ether oxygens (including phenoxy) is 2. The largest absolute Gasteiger partial charge is 0.497 e. The normalized spacial score (nSPS) is 10.6. The van der Waals surface area contributed by atoms with Gasteiger partial charge >= 0.3 is 5.97 Å². The van der Waals surface area contributed by atoms with Gasteiger partial charge < -0.3 is 9.47 Å². The van der Waals surface area contributed by atoms with Gasteiger partial charge in [-0.3, -0.25) is 0 Å². The van der Waals surface area contributed by atoms with Gasteiger partial charge in [-0.25, -0.2) is 9.78 Å². The quantitative estimate of drug-likeness (QED) is 0.679. The average Bonchev–Trinajstić information content (AvgIpc) is 2.98. The number of esters is 1. The van der Waals surface area contributed by atoms with E-state index in [-0.39, 0.29) is 5.82 Å². The van der Waals surface area contributed by atoms with E-state index < -0.39 is 5.97 Å². The summed E-state index contributed by atoms with van der Waals surface area (Å²) in [6, 6.07) is 9.30. The molecule has 0 bridgehead atoms. The summed E-state index contributed by atoms with van der Waals surface area (Å²) in [6.07, 6.45) is 1.61. The molecule has 7 heteroatoms. The molecular formula is C14H12N4O3. The molecule has 0 aliphatic rings. The zero-order chi connectivity index (χ0) is 14.8. The first-order chi connectivity index (χ1) is 10.2. The van der Waals surface area contributed by atoms with Crippen LogP contribution in [0.1, 0.15) is 10.6 Å². The Kier molecular flexibility index (Phi) is 3.23. The maximum Gasteiger partial charge on any atom is 0.378 e. The Balaban J connectivity index is 2.18. The van der Waals surface area contributed by atoms with Crippen molar-refractivity contribution in [3.63, 3.8) is 0 Å². The van der Waals surface area contributed by atoms with Gasteiger partial charge in [0.15, 0.2) is 0 Å². The fourth-order valence-electron chi connectivity index (χ4n) is 1.97. The molecular weight excluding hydrogens is 272 g/mol. The Morgan fingerprint density at radius 1 is 1.24 bits per heavy atom. The summed E-state index contributed by atoms with van der Waals surface area (Å²) < 4.78 is 11.3. The van der Waals surface area contributed by atoms with Crippen molar-refractivity contribution in [1.29, 1.82) is 0 Å². The minimum atomic E-state index is -0.600. The average molecular weight is 284 g/mol. The van der Waals surface area contributed by atoms with Crippen molar-refractivity contribution in [3.8, 4) is 17.0 Å². The number of benzene rings is 1. The zero-order valence-corrected chi connectivity index (χ0v) is 11.5. The van der Waals surface area contributed by atoms with E-state index in [4.69, 9.17) is 4.74 Å². The first-order valence-electron chi connectivity index (χ1n) is 6.17. The molecule has 0 aliphatic carbocycles. The molecule has 3 rings (SSSR count). The van der Waals surface area contributed by atoms with E-state index in [1.807, 2.05) is 24.3 Å². The second-order valence-electron chi connectivity index (χ2n) is 4.20. The molecule has 0 radical (unpaired) electrons. The summed E-state index contributed by atoms with van der Waals surface area (Å²) in [5.74, 6) is 0.430. The fourth-order valence-corrected chi connectivity index (χ4v) is 1.97. The number of rotatable bonds is 3. The van der Waals surface area contributed by atoms with Crippen molar-refractivity contribution >= 4 is 11.7 Å². The molecule has 0 amide bonds. The van der Waals surface area contributed by atoms with Gasteiger partial charge in [0.05, 0.1) is 19.9 Å². The predicted octanol–water partition coefficient (Wildman–Crippen LogP) is 1.59. The summed E-state index contributed by atoms with van der Waals surface area (Å²) in [5.41, 5.74) is 1.63. The van der Waals surface area contributed by atoms with Gasteiger partial charge in [0, 0.05) is 11.8 Å². The number of nitrogens with zero attached hydrogens (tertiary/aromatic N) is 4. The highest BCUT2D eigenvalue weighted by atomic mass is 16.5. The lowest BCUT2D eigenvalue weighted by atomic mass is 10.1. The topological polar surface area (TPSA) is 78.6 Å². The van der Waals surface area contributed by atoms with E-state index in [9.17, 15) is 4.79 Å². The number of methoxy groups -OCH3 is 2. The third kappa shape index (κ3) is 2.29. The molecule has 106 valence electrons. The van der Waals surface area contributed by atoms with Crippen LogP contribution >= 0.6 is 0 Å². The summed E-state index contributed by atoms with van der Waals surface area (Å²) in [4.78, 5) is 19.7. The maximum atomic E-state index is 11.5. The lowest BCUT2D eigenvalue weighted by Crippen LogP contribution is -2.04. The van der Waals surface area contributed by atoms with Crippen LogP contribution in [0.4, 0.5) is 0 Å². The van der Waals surface area contributed by atoms with Crippen LogP contribution in [0.3, 0.4) is 0 Å². The lowest BCUT2D eigenvalue weighted by molar-refractivity contribution is 0.0587. The Morgan fingerprint density at radius 3 is 2.86 bits per heavy atom. The summed E-state index contributed by atoms with van der Waals surface area (Å²) in [5, 5.41) is 4.14. The second kappa shape index (κ2) is 5.20. The molecule has 0 saturated carbocycles. The van der Waals surface area contributed by atoms with E-state index in [1.165, 1.54) is 11.6 Å². The van der Waals surface area contributed by atoms with Crippen LogP contribution in [0.25, 0.3) is 17.0 Å². The molecule has 1 aromatic carbocycles. The fraction of sp³-hybridized carbons (Fsp3) is 0.143. The third-order valence-corrected chi connectivity index (χ3v) is 2.97. The first kappa shape index (κ1) is 13.0. The van der Waals surface area contributed by atoms with Crippen molar-refractivity contribution in [2.45, 2.75) is 0 Å². The van der Waals surface area contributed by atoms with Crippen molar-refractivity contribution in [2.24, 2.45) is 0 Å². The van der Waals surface area contributed by atoms with Crippen molar-refractivity contribution < 1.29 is 14.3 Å². The molecule has 0 N–H and O–H groups in total. The van der Waals surface area contributed by atoms with Crippen LogP contribution < -0.4 is 4.74 Å². The van der Waals surface area contributed by atoms with Gasteiger partial charge in [-0.05, 0) is 18.2 Å². The molecule has 0 spiro atoms. The molecule has 0 aliphatic heterocycles. The number of fused-ring (bicyclic) bond motifs is 1. The van der Waals surface area contributed by atoms with E-state index in [1.54, 1.807) is 19.4 Å². The Hall–Kier alpha value is -2.96. The summed E-state index contributed by atoms with van der Waals surface area (Å²) in [7, 11) is 2.89. The van der Waals surface area contributed by atoms with Gasteiger partial charge in [-0.1, -0.05) is 12.1 Å². The summed E-state index contributed by atoms with van der Waals surface area (Å²) in [6.45, 7) is 0. The standard InChI is InChI=1S/C14H12N4O3/c1-20-10-5-3-4-9(8-10)11-6-7-15-14-16-12(13(19)21-2)17-18(11)14/h3-8H,1-2H3. The number of aromatic nitrogens is 4. The highest BCUT2D eigenvalue weighted by molar-refractivity contribution is 5.85. The van der Waals surface area contributed by atoms with E-state index in [2.05, 4.69) is 19.8 Å². The van der Waals surface area contributed by atoms with Crippen molar-refractivity contribution in [1.82, 2.24) is 19.6 Å². The number of hydrogen-bond acceptors (Lipinski definition) is 6. The van der Waals surface area contributed by atoms with E-state index >= 15 is 0 Å². The van der Waals surface area contributed by atoms with Crippen molar-refractivity contribution in [3.05, 3.63) is 42.4 Å². The molecule has 0 saturated heterocycles. The number of carbonyl (C=O) groups excluding carboxylic acids is 1. The van der Waals surface area contributed by atoms with Crippen LogP contribution in [0.2, 0.25) is 0 Å². The molecule has 2 aromatic heterocycles. The third-order valence-electron chi connectivity index (χ3n) is 2.97. The number of carbonyl (C=O) groups is 1. The van der Waals surface area contributed by atoms with Gasteiger partial charge in [0.2, 0.25) is 0 Å². The number of hydrogen-bond donors (Lipinski definition) is 0. The monoisotopic (exact) mass is 284 g/mol. The first-order valence-corrected chi connectivity index (χ1v) is 6.17. The van der Waals surface area contributed by atoms with Crippen LogP contribution in [-0.2, 0) is 4.74 Å². The molecule has 2 heterocycles. The molecule has 0 fully saturated rings. The molecule has 7 nitrogen and oxygen atoms in total. The van der Waals surface area contributed by atoms with Gasteiger partial charge in [-0.2, -0.15) is 9.50 Å². The predicted molar refractivity (Wildman–Crippen MR) is 74.1 cm³/mol. The van der Waals surface area contributed by atoms with Gasteiger partial charge in [-0.15, -0.1) is 5.10 Å². The van der Waals surface area contributed by atoms with Gasteiger partial charge in [0.25, 0.3) is 11.6 Å². The van der Waals surface area contributed by atoms with Crippen LogP contribution in [0, 0.1) is 0 Å². The highest BCUT2D eigenvalue weighted by Crippen LogP contribution is 2.23. The Bertz CT molecular complexity index is 813. The molecule has 3 aromatic rings. The Labute approximate surface area is 120 Å². The van der Waals surface area contributed by atoms with Crippen LogP contribution in [0.15, 0.2) is 36.5 Å². The van der Waals surface area contributed by atoms with Crippen LogP contribution in [-0.4, -0.2) is 39.8 Å². The molecule has 0 unspecified atom stereocenters. The highest BCUT2D eigenvalue weighted by Gasteiger charge is 2.16. The second-order valence-corrected chi connectivity index (χ2v) is 4.20. The minimum Gasteiger partial charge on any atom is -0.497 e. The van der Waals surface area contributed by atoms with Gasteiger partial charge in [0.1, 0.15) is 5.75 Å². The molecule has 0 atom stereocenters. The lowest BCUT2D eigenvalue weighted by Gasteiger charge is -2.05. The van der Waals surface area contributed by atoms with Crippen LogP contribution in [0.5, 0.6) is 5.75 Å². The summed E-state index contributed by atoms with van der Waals surface area (Å²) >= 11 is 0. The Morgan fingerprint density at radius 2 is 2.10 bits per heavy atom. The smallest absolute Gasteiger partial charge is 0.378 e. The zero-order valence-electron chi connectivity index (χ0n) is 11.5. The SMILES string of the molecule is COC(=O)c1nc2nccc(-c3cccc(OC)c3)n2n1. The van der Waals surface area contributed by atoms with Crippen molar-refractivity contribution in [2.75, 3.05) is 14.2 Å². The van der Waals surface area contributed by atoms with E-state index in [0.29, 0.717) is 5.78 Å².